The maximum atomic E-state index is 12.6. The number of aromatic nitrogens is 2. The van der Waals surface area contributed by atoms with Gasteiger partial charge in [-0.1, -0.05) is 47.5 Å². The normalized spacial score (nSPS) is 12.0. The quantitative estimate of drug-likeness (QED) is 0.671. The molecule has 0 aliphatic carbocycles. The van der Waals surface area contributed by atoms with Gasteiger partial charge in [-0.15, -0.1) is 0 Å². The summed E-state index contributed by atoms with van der Waals surface area (Å²) in [5.41, 5.74) is 5.70. The Morgan fingerprint density at radius 1 is 1.11 bits per heavy atom. The molecule has 0 bridgehead atoms. The molecule has 1 heterocycles. The van der Waals surface area contributed by atoms with E-state index in [0.29, 0.717) is 13.1 Å². The molecule has 2 N–H and O–H groups in total. The van der Waals surface area contributed by atoms with Gasteiger partial charge in [0.2, 0.25) is 0 Å². The van der Waals surface area contributed by atoms with Crippen LogP contribution in [0, 0.1) is 20.8 Å². The zero-order chi connectivity index (χ0) is 20.3. The predicted molar refractivity (Wildman–Crippen MR) is 113 cm³/mol. The van der Waals surface area contributed by atoms with Gasteiger partial charge in [-0.3, -0.25) is 4.79 Å². The molecule has 3 aromatic rings. The number of hydrogen-bond acceptors (Lipinski definition) is 2. The predicted octanol–water partition coefficient (Wildman–Crippen LogP) is 3.10. The molecule has 0 fully saturated rings. The minimum Gasteiger partial charge on any atom is -0.326 e. The number of aryl methyl sites for hydroxylation is 2. The van der Waals surface area contributed by atoms with Gasteiger partial charge in [0.05, 0.1) is 29.8 Å². The Morgan fingerprint density at radius 3 is 2.46 bits per heavy atom. The first-order valence-electron chi connectivity index (χ1n) is 9.33. The summed E-state index contributed by atoms with van der Waals surface area (Å²) in [4.78, 5) is 13.7. The van der Waals surface area contributed by atoms with Gasteiger partial charge in [0.25, 0.3) is 5.91 Å². The fourth-order valence-corrected chi connectivity index (χ4v) is 3.45. The van der Waals surface area contributed by atoms with Crippen molar-refractivity contribution in [2.75, 3.05) is 18.9 Å². The number of likely N-dealkylation sites (N-methyl/N-ethyl adjacent to an activating group) is 1. The number of halogens is 1. The summed E-state index contributed by atoms with van der Waals surface area (Å²) in [6, 6.07) is 15.9. The van der Waals surface area contributed by atoms with Crippen LogP contribution in [-0.4, -0.2) is 29.3 Å². The van der Waals surface area contributed by atoms with Crippen molar-refractivity contribution in [3.8, 4) is 5.69 Å². The largest absolute Gasteiger partial charge is 0.326 e. The van der Waals surface area contributed by atoms with Crippen LogP contribution in [0.4, 0.5) is 5.69 Å². The molecule has 1 unspecified atom stereocenters. The van der Waals surface area contributed by atoms with Gasteiger partial charge in [0.15, 0.2) is 6.54 Å². The standard InChI is InChI=1S/C22H25ClN4O/c1-15-9-11-19(12-10-15)27-17(3)22(16(2)25-27)24-21(28)14-26(4)13-18-7-5-6-8-20(18)23/h5-12H,13-14H2,1-4H3,(H,24,28)/p+1. The second-order valence-electron chi connectivity index (χ2n) is 7.24. The number of amides is 1. The monoisotopic (exact) mass is 397 g/mol. The molecular weight excluding hydrogens is 372 g/mol. The van der Waals surface area contributed by atoms with Crippen molar-refractivity contribution in [3.05, 3.63) is 76.1 Å². The Morgan fingerprint density at radius 2 is 1.79 bits per heavy atom. The van der Waals surface area contributed by atoms with E-state index in [1.54, 1.807) is 0 Å². The summed E-state index contributed by atoms with van der Waals surface area (Å²) in [6.45, 7) is 6.97. The van der Waals surface area contributed by atoms with Crippen LogP contribution in [-0.2, 0) is 11.3 Å². The maximum absolute atomic E-state index is 12.6. The van der Waals surface area contributed by atoms with E-state index in [0.717, 1.165) is 38.2 Å². The fraction of sp³-hybridized carbons (Fsp3) is 0.273. The maximum Gasteiger partial charge on any atom is 0.279 e. The van der Waals surface area contributed by atoms with Crippen molar-refractivity contribution in [2.24, 2.45) is 0 Å². The van der Waals surface area contributed by atoms with Crippen LogP contribution in [0.15, 0.2) is 48.5 Å². The smallest absolute Gasteiger partial charge is 0.279 e. The Bertz CT molecular complexity index is 979. The number of anilines is 1. The lowest BCUT2D eigenvalue weighted by Gasteiger charge is -2.15. The van der Waals surface area contributed by atoms with E-state index in [9.17, 15) is 4.79 Å². The van der Waals surface area contributed by atoms with Crippen LogP contribution in [0.3, 0.4) is 0 Å². The topological polar surface area (TPSA) is 51.4 Å². The van der Waals surface area contributed by atoms with Gasteiger partial charge in [-0.05, 0) is 39.0 Å². The SMILES string of the molecule is Cc1ccc(-n2nc(C)c(NC(=O)C[NH+](C)Cc3ccccc3Cl)c2C)cc1. The van der Waals surface area contributed by atoms with Gasteiger partial charge in [-0.2, -0.15) is 5.10 Å². The molecule has 0 aliphatic heterocycles. The molecule has 0 saturated heterocycles. The molecule has 1 atom stereocenters. The van der Waals surface area contributed by atoms with Crippen molar-refractivity contribution < 1.29 is 9.69 Å². The molecule has 1 aromatic heterocycles. The Balaban J connectivity index is 1.68. The van der Waals surface area contributed by atoms with Crippen molar-refractivity contribution in [1.29, 1.82) is 0 Å². The minimum atomic E-state index is -0.0424. The molecule has 6 heteroatoms. The van der Waals surface area contributed by atoms with E-state index in [1.165, 1.54) is 5.56 Å². The first-order valence-corrected chi connectivity index (χ1v) is 9.70. The van der Waals surface area contributed by atoms with Crippen LogP contribution in [0.1, 0.15) is 22.5 Å². The number of hydrogen-bond donors (Lipinski definition) is 2. The first-order chi connectivity index (χ1) is 13.3. The summed E-state index contributed by atoms with van der Waals surface area (Å²) in [7, 11) is 1.98. The first kappa shape index (κ1) is 20.1. The van der Waals surface area contributed by atoms with Crippen molar-refractivity contribution in [2.45, 2.75) is 27.3 Å². The van der Waals surface area contributed by atoms with E-state index >= 15 is 0 Å². The fourth-order valence-electron chi connectivity index (χ4n) is 3.25. The molecule has 5 nitrogen and oxygen atoms in total. The Hall–Kier alpha value is -2.63. The highest BCUT2D eigenvalue weighted by molar-refractivity contribution is 6.31. The van der Waals surface area contributed by atoms with Gasteiger partial charge < -0.3 is 10.2 Å². The zero-order valence-corrected chi connectivity index (χ0v) is 17.5. The van der Waals surface area contributed by atoms with Gasteiger partial charge in [-0.25, -0.2) is 4.68 Å². The van der Waals surface area contributed by atoms with E-state index in [1.807, 2.05) is 62.0 Å². The van der Waals surface area contributed by atoms with Crippen molar-refractivity contribution in [3.63, 3.8) is 0 Å². The van der Waals surface area contributed by atoms with Crippen LogP contribution in [0.2, 0.25) is 5.02 Å². The average Bonchev–Trinajstić information content (AvgIpc) is 2.92. The molecule has 0 radical (unpaired) electrons. The van der Waals surface area contributed by atoms with Gasteiger partial charge >= 0.3 is 0 Å². The second-order valence-corrected chi connectivity index (χ2v) is 7.65. The number of rotatable bonds is 6. The number of carbonyl (C=O) groups is 1. The lowest BCUT2D eigenvalue weighted by Crippen LogP contribution is -3.08. The van der Waals surface area contributed by atoms with E-state index in [2.05, 4.69) is 29.5 Å². The van der Waals surface area contributed by atoms with E-state index < -0.39 is 0 Å². The zero-order valence-electron chi connectivity index (χ0n) is 16.7. The number of nitrogens with zero attached hydrogens (tertiary/aromatic N) is 2. The van der Waals surface area contributed by atoms with Crippen LogP contribution in [0.25, 0.3) is 5.69 Å². The molecule has 0 aliphatic rings. The highest BCUT2D eigenvalue weighted by Gasteiger charge is 2.18. The highest BCUT2D eigenvalue weighted by Crippen LogP contribution is 2.23. The molecule has 0 saturated carbocycles. The molecule has 146 valence electrons. The van der Waals surface area contributed by atoms with Crippen LogP contribution >= 0.6 is 11.6 Å². The third-order valence-corrected chi connectivity index (χ3v) is 5.12. The summed E-state index contributed by atoms with van der Waals surface area (Å²) in [6.07, 6.45) is 0. The van der Waals surface area contributed by atoms with E-state index in [-0.39, 0.29) is 5.91 Å². The Labute approximate surface area is 170 Å². The summed E-state index contributed by atoms with van der Waals surface area (Å²) in [5.74, 6) is -0.0424. The molecule has 28 heavy (non-hydrogen) atoms. The summed E-state index contributed by atoms with van der Waals surface area (Å²) in [5, 5.41) is 8.36. The van der Waals surface area contributed by atoms with Crippen LogP contribution in [0.5, 0.6) is 0 Å². The van der Waals surface area contributed by atoms with Crippen molar-refractivity contribution in [1.82, 2.24) is 9.78 Å². The van der Waals surface area contributed by atoms with E-state index in [4.69, 9.17) is 11.6 Å². The van der Waals surface area contributed by atoms with Gasteiger partial charge in [0, 0.05) is 10.6 Å². The number of benzene rings is 2. The molecule has 3 rings (SSSR count). The highest BCUT2D eigenvalue weighted by atomic mass is 35.5. The lowest BCUT2D eigenvalue weighted by molar-refractivity contribution is -0.885. The van der Waals surface area contributed by atoms with Crippen molar-refractivity contribution >= 4 is 23.2 Å². The second kappa shape index (κ2) is 8.59. The van der Waals surface area contributed by atoms with Crippen LogP contribution < -0.4 is 10.2 Å². The summed E-state index contributed by atoms with van der Waals surface area (Å²) < 4.78 is 1.87. The molecule has 0 spiro atoms. The number of quaternary nitrogens is 1. The van der Waals surface area contributed by atoms with Gasteiger partial charge in [0.1, 0.15) is 6.54 Å². The number of nitrogens with one attached hydrogen (secondary N) is 2. The number of carbonyl (C=O) groups excluding carboxylic acids is 1. The lowest BCUT2D eigenvalue weighted by atomic mass is 10.2. The molecular formula is C22H26ClN4O+. The average molecular weight is 398 g/mol. The molecule has 1 amide bonds. The third-order valence-electron chi connectivity index (χ3n) is 4.75. The Kier molecular flexibility index (Phi) is 6.17. The summed E-state index contributed by atoms with van der Waals surface area (Å²) >= 11 is 6.22. The molecule has 2 aromatic carbocycles. The minimum absolute atomic E-state index is 0.0424. The third kappa shape index (κ3) is 4.61.